The van der Waals surface area contributed by atoms with Crippen LogP contribution in [0.25, 0.3) is 0 Å². The second-order valence-corrected chi connectivity index (χ2v) is 4.70. The molecule has 0 heterocycles. The number of amides is 1. The maximum atomic E-state index is 13.2. The van der Waals surface area contributed by atoms with Crippen molar-refractivity contribution in [2.45, 2.75) is 37.4 Å². The maximum absolute atomic E-state index is 13.2. The molecule has 1 amide bonds. The van der Waals surface area contributed by atoms with Crippen molar-refractivity contribution in [3.8, 4) is 0 Å². The number of carbonyl (C=O) groups excluding carboxylic acids is 1. The molecule has 5 nitrogen and oxygen atoms in total. The van der Waals surface area contributed by atoms with Crippen LogP contribution < -0.4 is 5.32 Å². The van der Waals surface area contributed by atoms with E-state index in [1.807, 2.05) is 5.32 Å². The highest BCUT2D eigenvalue weighted by atomic mass is 19.4. The summed E-state index contributed by atoms with van der Waals surface area (Å²) >= 11 is 0. The van der Waals surface area contributed by atoms with Crippen LogP contribution in [0.2, 0.25) is 0 Å². The molecule has 1 saturated carbocycles. The van der Waals surface area contributed by atoms with Crippen LogP contribution in [-0.2, 0) is 9.53 Å². The van der Waals surface area contributed by atoms with Crippen molar-refractivity contribution in [3.63, 3.8) is 0 Å². The fraction of sp³-hybridized carbons (Fsp3) is 0.667. The van der Waals surface area contributed by atoms with E-state index < -0.39 is 42.5 Å². The minimum atomic E-state index is -4.66. The monoisotopic (exact) mass is 295 g/mol. The van der Waals surface area contributed by atoms with Gasteiger partial charge in [-0.05, 0) is 25.7 Å². The SMILES string of the molecule is C=CCOC(=O)NC1(C(F)(F)F)CCC(C(=O)O)CC1. The molecule has 0 unspecified atom stereocenters. The van der Waals surface area contributed by atoms with Crippen molar-refractivity contribution in [1.29, 1.82) is 0 Å². The molecule has 1 aliphatic rings. The number of alkyl carbamates (subject to hydrolysis) is 1. The van der Waals surface area contributed by atoms with Gasteiger partial charge in [-0.1, -0.05) is 12.7 Å². The molecule has 8 heteroatoms. The van der Waals surface area contributed by atoms with Crippen LogP contribution in [0, 0.1) is 5.92 Å². The lowest BCUT2D eigenvalue weighted by Gasteiger charge is -2.40. The topological polar surface area (TPSA) is 75.6 Å². The number of nitrogens with one attached hydrogen (secondary N) is 1. The van der Waals surface area contributed by atoms with Crippen LogP contribution in [0.3, 0.4) is 0 Å². The van der Waals surface area contributed by atoms with Crippen molar-refractivity contribution in [2.75, 3.05) is 6.61 Å². The van der Waals surface area contributed by atoms with Gasteiger partial charge in [-0.3, -0.25) is 4.79 Å². The van der Waals surface area contributed by atoms with Crippen LogP contribution in [0.15, 0.2) is 12.7 Å². The number of alkyl halides is 3. The lowest BCUT2D eigenvalue weighted by atomic mass is 9.76. The van der Waals surface area contributed by atoms with Gasteiger partial charge in [-0.15, -0.1) is 0 Å². The first kappa shape index (κ1) is 16.3. The molecule has 0 aromatic heterocycles. The number of ether oxygens (including phenoxy) is 1. The van der Waals surface area contributed by atoms with Gasteiger partial charge in [0.05, 0.1) is 5.92 Å². The normalized spacial score (nSPS) is 26.6. The lowest BCUT2D eigenvalue weighted by Crippen LogP contribution is -2.60. The number of rotatable bonds is 4. The molecule has 0 aliphatic heterocycles. The first-order valence-electron chi connectivity index (χ1n) is 6.07. The van der Waals surface area contributed by atoms with E-state index in [2.05, 4.69) is 11.3 Å². The highest BCUT2D eigenvalue weighted by Gasteiger charge is 2.57. The van der Waals surface area contributed by atoms with Crippen molar-refractivity contribution < 1.29 is 32.6 Å². The Bertz CT molecular complexity index is 387. The molecule has 1 fully saturated rings. The smallest absolute Gasteiger partial charge is 0.411 e. The fourth-order valence-electron chi connectivity index (χ4n) is 2.20. The van der Waals surface area contributed by atoms with E-state index in [0.717, 1.165) is 0 Å². The number of halogens is 3. The molecule has 2 N–H and O–H groups in total. The molecule has 0 atom stereocenters. The molecular formula is C12H16F3NO4. The van der Waals surface area contributed by atoms with Crippen LogP contribution in [0.4, 0.5) is 18.0 Å². The Morgan fingerprint density at radius 2 is 1.95 bits per heavy atom. The molecule has 0 bridgehead atoms. The van der Waals surface area contributed by atoms with Gasteiger partial charge in [0.2, 0.25) is 0 Å². The third-order valence-corrected chi connectivity index (χ3v) is 3.40. The van der Waals surface area contributed by atoms with E-state index in [9.17, 15) is 22.8 Å². The number of aliphatic carboxylic acids is 1. The Morgan fingerprint density at radius 1 is 1.40 bits per heavy atom. The summed E-state index contributed by atoms with van der Waals surface area (Å²) < 4.78 is 44.0. The van der Waals surface area contributed by atoms with E-state index in [0.29, 0.717) is 0 Å². The molecule has 0 aromatic rings. The van der Waals surface area contributed by atoms with Gasteiger partial charge in [0.1, 0.15) is 12.1 Å². The first-order chi connectivity index (χ1) is 9.22. The second-order valence-electron chi connectivity index (χ2n) is 4.70. The van der Waals surface area contributed by atoms with Crippen molar-refractivity contribution in [2.24, 2.45) is 5.92 Å². The minimum absolute atomic E-state index is 0.142. The van der Waals surface area contributed by atoms with Gasteiger partial charge in [-0.25, -0.2) is 4.79 Å². The molecule has 0 aromatic carbocycles. The Labute approximate surface area is 113 Å². The highest BCUT2D eigenvalue weighted by molar-refractivity contribution is 5.71. The molecule has 1 rings (SSSR count). The lowest BCUT2D eigenvalue weighted by molar-refractivity contribution is -0.206. The van der Waals surface area contributed by atoms with Crippen LogP contribution >= 0.6 is 0 Å². The third-order valence-electron chi connectivity index (χ3n) is 3.40. The number of carbonyl (C=O) groups is 2. The predicted octanol–water partition coefficient (Wildman–Crippen LogP) is 2.47. The third kappa shape index (κ3) is 3.64. The minimum Gasteiger partial charge on any atom is -0.481 e. The Balaban J connectivity index is 2.78. The largest absolute Gasteiger partial charge is 0.481 e. The average molecular weight is 295 g/mol. The van der Waals surface area contributed by atoms with Crippen LogP contribution in [0.5, 0.6) is 0 Å². The molecule has 1 aliphatic carbocycles. The van der Waals surface area contributed by atoms with E-state index in [1.54, 1.807) is 0 Å². The van der Waals surface area contributed by atoms with Gasteiger partial charge >= 0.3 is 18.2 Å². The second kappa shape index (κ2) is 6.15. The Kier molecular flexibility index (Phi) is 5.02. The molecule has 114 valence electrons. The molecule has 0 spiro atoms. The first-order valence-corrected chi connectivity index (χ1v) is 6.07. The van der Waals surface area contributed by atoms with Gasteiger partial charge in [0, 0.05) is 0 Å². The summed E-state index contributed by atoms with van der Waals surface area (Å²) in [6.07, 6.45) is -5.85. The Morgan fingerprint density at radius 3 is 2.35 bits per heavy atom. The van der Waals surface area contributed by atoms with Crippen molar-refractivity contribution in [3.05, 3.63) is 12.7 Å². The summed E-state index contributed by atoms with van der Waals surface area (Å²) in [6.45, 7) is 3.09. The molecular weight excluding hydrogens is 279 g/mol. The van der Waals surface area contributed by atoms with Gasteiger partial charge in [-0.2, -0.15) is 13.2 Å². The zero-order chi connectivity index (χ0) is 15.4. The summed E-state index contributed by atoms with van der Waals surface area (Å²) in [4.78, 5) is 22.1. The number of carboxylic acids is 1. The molecule has 0 radical (unpaired) electrons. The number of hydrogen-bond acceptors (Lipinski definition) is 3. The highest BCUT2D eigenvalue weighted by Crippen LogP contribution is 2.43. The molecule has 0 saturated heterocycles. The van der Waals surface area contributed by atoms with Crippen molar-refractivity contribution in [1.82, 2.24) is 5.32 Å². The van der Waals surface area contributed by atoms with E-state index in [4.69, 9.17) is 5.11 Å². The number of carboxylic acid groups (broad SMARTS) is 1. The summed E-state index contributed by atoms with van der Waals surface area (Å²) in [6, 6.07) is 0. The predicted molar refractivity (Wildman–Crippen MR) is 63.1 cm³/mol. The molecule has 20 heavy (non-hydrogen) atoms. The fourth-order valence-corrected chi connectivity index (χ4v) is 2.20. The van der Waals surface area contributed by atoms with E-state index in [-0.39, 0.29) is 19.4 Å². The standard InChI is InChI=1S/C12H16F3NO4/c1-2-7-20-10(19)16-11(12(13,14)15)5-3-8(4-6-11)9(17)18/h2,8H,1,3-7H2,(H,16,19)(H,17,18). The summed E-state index contributed by atoms with van der Waals surface area (Å²) in [7, 11) is 0. The average Bonchev–Trinajstić information content (AvgIpc) is 2.35. The van der Waals surface area contributed by atoms with E-state index >= 15 is 0 Å². The van der Waals surface area contributed by atoms with Gasteiger partial charge in [0.25, 0.3) is 0 Å². The zero-order valence-electron chi connectivity index (χ0n) is 10.7. The maximum Gasteiger partial charge on any atom is 0.411 e. The van der Waals surface area contributed by atoms with E-state index in [1.165, 1.54) is 6.08 Å². The summed E-state index contributed by atoms with van der Waals surface area (Å²) in [5, 5.41) is 10.6. The summed E-state index contributed by atoms with van der Waals surface area (Å²) in [5.41, 5.74) is -2.42. The zero-order valence-corrected chi connectivity index (χ0v) is 10.7. The Hall–Kier alpha value is -1.73. The number of hydrogen-bond donors (Lipinski definition) is 2. The summed E-state index contributed by atoms with van der Waals surface area (Å²) in [5.74, 6) is -1.92. The van der Waals surface area contributed by atoms with Gasteiger partial charge in [0.15, 0.2) is 0 Å². The van der Waals surface area contributed by atoms with Crippen LogP contribution in [0.1, 0.15) is 25.7 Å². The van der Waals surface area contributed by atoms with Gasteiger partial charge < -0.3 is 15.2 Å². The van der Waals surface area contributed by atoms with Crippen LogP contribution in [-0.4, -0.2) is 35.5 Å². The quantitative estimate of drug-likeness (QED) is 0.781. The van der Waals surface area contributed by atoms with Crippen molar-refractivity contribution >= 4 is 12.1 Å².